The fourth-order valence-electron chi connectivity index (χ4n) is 2.99. The van der Waals surface area contributed by atoms with Crippen LogP contribution >= 0.6 is 31.9 Å². The van der Waals surface area contributed by atoms with Crippen LogP contribution in [-0.2, 0) is 35.9 Å². The lowest BCUT2D eigenvalue weighted by molar-refractivity contribution is -0.233. The van der Waals surface area contributed by atoms with E-state index in [1.54, 1.807) is 14.0 Å². The third-order valence-electron chi connectivity index (χ3n) is 4.75. The Labute approximate surface area is 231 Å². The van der Waals surface area contributed by atoms with Gasteiger partial charge in [-0.2, -0.15) is 10.5 Å². The molecule has 4 heterocycles. The highest BCUT2D eigenvalue weighted by atomic mass is 79.9. The Morgan fingerprint density at radius 2 is 1.54 bits per heavy atom. The van der Waals surface area contributed by atoms with E-state index >= 15 is 0 Å². The molecule has 0 aliphatic carbocycles. The van der Waals surface area contributed by atoms with Crippen molar-refractivity contribution in [1.29, 1.82) is 5.26 Å². The van der Waals surface area contributed by atoms with Gasteiger partial charge in [0.05, 0.1) is 6.07 Å². The van der Waals surface area contributed by atoms with Gasteiger partial charge in [-0.15, -0.1) is 0 Å². The van der Waals surface area contributed by atoms with E-state index in [0.29, 0.717) is 11.6 Å². The maximum Gasteiger partial charge on any atom is 0.356 e. The Bertz CT molecular complexity index is 1100. The molecule has 0 atom stereocenters. The van der Waals surface area contributed by atoms with Gasteiger partial charge in [0.15, 0.2) is 0 Å². The first kappa shape index (κ1) is 34.2. The molecular formula is C20H36Br2N10O5. The van der Waals surface area contributed by atoms with E-state index in [0.717, 1.165) is 49.7 Å². The molecule has 9 N–H and O–H groups in total. The summed E-state index contributed by atoms with van der Waals surface area (Å²) < 4.78 is 6.82. The molecule has 0 aromatic carbocycles. The molecule has 15 nitrogen and oxygen atoms in total. The van der Waals surface area contributed by atoms with Crippen LogP contribution in [0.25, 0.3) is 0 Å². The number of hydrogen-bond donors (Lipinski definition) is 6. The van der Waals surface area contributed by atoms with E-state index in [9.17, 15) is 14.4 Å². The summed E-state index contributed by atoms with van der Waals surface area (Å²) in [4.78, 5) is 35.1. The largest absolute Gasteiger partial charge is 0.391 e. The lowest BCUT2D eigenvalue weighted by Gasteiger charge is -1.98. The van der Waals surface area contributed by atoms with Crippen LogP contribution in [0.4, 0.5) is 17.3 Å². The Hall–Kier alpha value is -2.78. The van der Waals surface area contributed by atoms with Gasteiger partial charge in [-0.1, -0.05) is 31.9 Å². The molecule has 2 aliphatic heterocycles. The average molecular weight is 656 g/mol. The zero-order valence-corrected chi connectivity index (χ0v) is 24.1. The van der Waals surface area contributed by atoms with Crippen molar-refractivity contribution in [2.24, 2.45) is 0 Å². The summed E-state index contributed by atoms with van der Waals surface area (Å²) in [6.45, 7) is 3.24. The molecule has 0 saturated carbocycles. The Kier molecular flexibility index (Phi) is 17.9. The van der Waals surface area contributed by atoms with E-state index < -0.39 is 12.4 Å². The first-order chi connectivity index (χ1) is 17.6. The van der Waals surface area contributed by atoms with Gasteiger partial charge in [-0.05, 0) is 33.4 Å². The molecule has 0 unspecified atom stereocenters. The maximum absolute atomic E-state index is 11.2. The van der Waals surface area contributed by atoms with E-state index in [4.69, 9.17) is 27.7 Å². The number of hydrazine groups is 1. The number of aromatic nitrogens is 4. The quantitative estimate of drug-likeness (QED) is 0.149. The van der Waals surface area contributed by atoms with Crippen molar-refractivity contribution in [1.82, 2.24) is 29.6 Å². The summed E-state index contributed by atoms with van der Waals surface area (Å²) in [6.07, 6.45) is 2.82. The van der Waals surface area contributed by atoms with Crippen LogP contribution in [0.1, 0.15) is 25.7 Å². The van der Waals surface area contributed by atoms with Crippen LogP contribution in [0.5, 0.6) is 0 Å². The van der Waals surface area contributed by atoms with Gasteiger partial charge in [-0.25, -0.2) is 14.2 Å². The minimum atomic E-state index is -0.928. The van der Waals surface area contributed by atoms with Gasteiger partial charge in [0, 0.05) is 42.9 Å². The minimum Gasteiger partial charge on any atom is -0.391 e. The molecule has 0 spiro atoms. The van der Waals surface area contributed by atoms with Crippen LogP contribution in [0.2, 0.25) is 0 Å². The number of alkyl halides is 2. The molecule has 37 heavy (non-hydrogen) atoms. The van der Waals surface area contributed by atoms with Gasteiger partial charge in [0.2, 0.25) is 0 Å². The molecule has 0 bridgehead atoms. The summed E-state index contributed by atoms with van der Waals surface area (Å²) in [7, 11) is 3.64. The SMILES string of the molecule is BrCCCBr.CNNC.N#CCC(=O)OO.Nc1c(N)n2n(c1=O)CCC2.Nc1cc(=O)n2n1CCC2. The molecular weight excluding hydrogens is 620 g/mol. The standard InChI is InChI=1S/C6H10N4O.C6H9N3O.C3H6Br2.C3H3NO3.C2H8N2/c7-4-5(8)9-2-1-3-10(9)6(4)11;7-5-4-6(10)9-3-1-2-8(5)9;4-2-1-3-5;4-2-1-3(5)7-6;1-3-4-2/h1-3,7-8H2;4H,1-3,7H2;1-3H2;6H,1H2;3-4H,1-2H3. The molecule has 0 radical (unpaired) electrons. The van der Waals surface area contributed by atoms with Crippen LogP contribution in [0.3, 0.4) is 0 Å². The van der Waals surface area contributed by atoms with Gasteiger partial charge in [0.25, 0.3) is 11.1 Å². The van der Waals surface area contributed by atoms with E-state index in [1.807, 2.05) is 18.8 Å². The number of nitrogens with one attached hydrogen (secondary N) is 2. The number of carbonyl (C=O) groups excluding carboxylic acids is 1. The second-order valence-electron chi connectivity index (χ2n) is 7.24. The van der Waals surface area contributed by atoms with E-state index in [2.05, 4.69) is 47.6 Å². The number of fused-ring (bicyclic) bond motifs is 2. The van der Waals surface area contributed by atoms with Crippen LogP contribution in [0, 0.1) is 11.3 Å². The molecule has 0 saturated heterocycles. The van der Waals surface area contributed by atoms with E-state index in [-0.39, 0.29) is 16.8 Å². The first-order valence-corrected chi connectivity index (χ1v) is 13.5. The molecule has 2 aliphatic rings. The molecule has 2 aromatic heterocycles. The summed E-state index contributed by atoms with van der Waals surface area (Å²) in [5, 5.41) is 17.4. The highest BCUT2D eigenvalue weighted by Crippen LogP contribution is 2.15. The fourth-order valence-corrected chi connectivity index (χ4v) is 4.31. The smallest absolute Gasteiger partial charge is 0.356 e. The first-order valence-electron chi connectivity index (χ1n) is 11.2. The number of nitrogens with zero attached hydrogens (tertiary/aromatic N) is 5. The molecule has 17 heteroatoms. The van der Waals surface area contributed by atoms with Gasteiger partial charge in [-0.3, -0.25) is 34.7 Å². The van der Waals surface area contributed by atoms with Crippen molar-refractivity contribution in [3.63, 3.8) is 0 Å². The number of rotatable bonds is 4. The average Bonchev–Trinajstić information content (AvgIpc) is 3.67. The third kappa shape index (κ3) is 11.4. The van der Waals surface area contributed by atoms with Crippen LogP contribution in [-0.4, -0.2) is 54.7 Å². The van der Waals surface area contributed by atoms with Crippen molar-refractivity contribution >= 4 is 55.2 Å². The van der Waals surface area contributed by atoms with Crippen molar-refractivity contribution in [2.75, 3.05) is 42.0 Å². The fraction of sp³-hybridized carbons (Fsp3) is 0.600. The summed E-state index contributed by atoms with van der Waals surface area (Å²) in [6, 6.07) is 2.96. The molecule has 210 valence electrons. The number of anilines is 3. The number of halogens is 2. The zero-order chi connectivity index (χ0) is 28.4. The number of nitrogen functional groups attached to an aromatic ring is 3. The van der Waals surface area contributed by atoms with Crippen molar-refractivity contribution in [3.05, 3.63) is 26.8 Å². The predicted octanol–water partition coefficient (Wildman–Crippen LogP) is 0.276. The van der Waals surface area contributed by atoms with Crippen LogP contribution in [0.15, 0.2) is 15.7 Å². The van der Waals surface area contributed by atoms with Gasteiger partial charge in [0.1, 0.15) is 23.7 Å². The highest BCUT2D eigenvalue weighted by molar-refractivity contribution is 9.09. The van der Waals surface area contributed by atoms with Crippen molar-refractivity contribution < 1.29 is 14.9 Å². The van der Waals surface area contributed by atoms with Crippen LogP contribution < -0.4 is 39.2 Å². The normalized spacial score (nSPS) is 12.0. The van der Waals surface area contributed by atoms with Gasteiger partial charge < -0.3 is 17.2 Å². The van der Waals surface area contributed by atoms with E-state index in [1.165, 1.54) is 18.6 Å². The van der Waals surface area contributed by atoms with Crippen molar-refractivity contribution in [3.8, 4) is 6.07 Å². The monoisotopic (exact) mass is 654 g/mol. The Morgan fingerprint density at radius 1 is 1.03 bits per heavy atom. The number of carbonyl (C=O) groups is 1. The lowest BCUT2D eigenvalue weighted by atomic mass is 10.4. The Morgan fingerprint density at radius 3 is 1.92 bits per heavy atom. The van der Waals surface area contributed by atoms with Crippen molar-refractivity contribution in [2.45, 2.75) is 51.9 Å². The second kappa shape index (κ2) is 19.3. The molecule has 4 rings (SSSR count). The second-order valence-corrected chi connectivity index (χ2v) is 8.83. The minimum absolute atomic E-state index is 0.0231. The summed E-state index contributed by atoms with van der Waals surface area (Å²) in [5.41, 5.74) is 22.0. The predicted molar refractivity (Wildman–Crippen MR) is 149 cm³/mol. The Balaban J connectivity index is 0.000000463. The number of hydrogen-bond acceptors (Lipinski definition) is 11. The zero-order valence-electron chi connectivity index (χ0n) is 21.0. The number of nitrogens with two attached hydrogens (primary N) is 3. The summed E-state index contributed by atoms with van der Waals surface area (Å²) in [5.74, 6) is 0.0671. The number of nitriles is 1. The third-order valence-corrected chi connectivity index (χ3v) is 5.87. The molecule has 0 amide bonds. The summed E-state index contributed by atoms with van der Waals surface area (Å²) >= 11 is 6.56. The topological polar surface area (TPSA) is 226 Å². The lowest BCUT2D eigenvalue weighted by Crippen LogP contribution is -2.21. The maximum atomic E-state index is 11.2. The highest BCUT2D eigenvalue weighted by Gasteiger charge is 2.18. The molecule has 2 aromatic rings. The molecule has 0 fully saturated rings. The van der Waals surface area contributed by atoms with Gasteiger partial charge >= 0.3 is 5.97 Å².